The molecule has 0 bridgehead atoms. The molecule has 4 heteroatoms. The van der Waals surface area contributed by atoms with Crippen molar-refractivity contribution in [2.24, 2.45) is 5.92 Å². The van der Waals surface area contributed by atoms with Gasteiger partial charge in [-0.05, 0) is 161 Å². The second-order valence-corrected chi connectivity index (χ2v) is 22.4. The molecule has 0 N–H and O–H groups in total. The molecule has 69 heavy (non-hydrogen) atoms. The summed E-state index contributed by atoms with van der Waals surface area (Å²) in [4.78, 5) is 10.3. The maximum Gasteiger partial charge on any atom is 0.0703 e. The number of rotatable bonds is 7. The van der Waals surface area contributed by atoms with Crippen LogP contribution in [-0.4, -0.2) is 5.54 Å². The molecule has 7 aromatic carbocycles. The Labute approximate surface area is 414 Å². The van der Waals surface area contributed by atoms with Crippen molar-refractivity contribution in [2.75, 3.05) is 14.7 Å². The molecule has 2 atom stereocenters. The normalized spacial score (nSPS) is 21.1. The lowest BCUT2D eigenvalue weighted by Crippen LogP contribution is -2.52. The van der Waals surface area contributed by atoms with Crippen molar-refractivity contribution in [3.05, 3.63) is 221 Å². The van der Waals surface area contributed by atoms with Crippen LogP contribution < -0.4 is 14.7 Å². The molecule has 5 aliphatic rings. The Morgan fingerprint density at radius 3 is 1.78 bits per heavy atom. The summed E-state index contributed by atoms with van der Waals surface area (Å²) in [6.07, 6.45) is 13.6. The van der Waals surface area contributed by atoms with Crippen molar-refractivity contribution in [1.82, 2.24) is 0 Å². The summed E-state index contributed by atoms with van der Waals surface area (Å²) >= 11 is 1.91. The number of hydrogen-bond donors (Lipinski definition) is 0. The fraction of sp³-hybridized carbons (Fsp3) is 0.231. The third-order valence-corrected chi connectivity index (χ3v) is 17.4. The monoisotopic (exact) mass is 915 g/mol. The van der Waals surface area contributed by atoms with Gasteiger partial charge in [-0.25, -0.2) is 0 Å². The van der Waals surface area contributed by atoms with Gasteiger partial charge in [0.2, 0.25) is 0 Å². The summed E-state index contributed by atoms with van der Waals surface area (Å²) in [5, 5.41) is 0. The van der Waals surface area contributed by atoms with Gasteiger partial charge in [0.25, 0.3) is 0 Å². The Morgan fingerprint density at radius 2 is 1.16 bits per heavy atom. The Morgan fingerprint density at radius 1 is 0.594 bits per heavy atom. The van der Waals surface area contributed by atoms with E-state index in [1.165, 1.54) is 88.6 Å². The summed E-state index contributed by atoms with van der Waals surface area (Å²) < 4.78 is 0. The van der Waals surface area contributed by atoms with Gasteiger partial charge in [0.1, 0.15) is 0 Å². The third kappa shape index (κ3) is 7.00. The van der Waals surface area contributed by atoms with Crippen LogP contribution in [0, 0.1) is 5.92 Å². The number of anilines is 8. The molecule has 12 rings (SSSR count). The van der Waals surface area contributed by atoms with Crippen LogP contribution in [0.5, 0.6) is 0 Å². The average Bonchev–Trinajstić information content (AvgIpc) is 3.75. The molecule has 0 spiro atoms. The van der Waals surface area contributed by atoms with Gasteiger partial charge in [0.15, 0.2) is 0 Å². The first-order valence-electron chi connectivity index (χ1n) is 25.0. The number of fused-ring (bicyclic) bond motifs is 7. The van der Waals surface area contributed by atoms with E-state index in [9.17, 15) is 0 Å². The van der Waals surface area contributed by atoms with Crippen molar-refractivity contribution < 1.29 is 0 Å². The highest BCUT2D eigenvalue weighted by molar-refractivity contribution is 7.99. The summed E-state index contributed by atoms with van der Waals surface area (Å²) in [6.45, 7) is 17.1. The van der Waals surface area contributed by atoms with E-state index >= 15 is 0 Å². The van der Waals surface area contributed by atoms with E-state index in [0.29, 0.717) is 5.92 Å². The van der Waals surface area contributed by atoms with E-state index in [2.05, 4.69) is 251 Å². The average molecular weight is 916 g/mol. The Bertz CT molecular complexity index is 3240. The highest BCUT2D eigenvalue weighted by atomic mass is 32.2. The summed E-state index contributed by atoms with van der Waals surface area (Å²) in [5.41, 5.74) is 22.5. The fourth-order valence-electron chi connectivity index (χ4n) is 12.4. The van der Waals surface area contributed by atoms with Gasteiger partial charge in [-0.1, -0.05) is 174 Å². The molecular formula is C65H61N3S. The van der Waals surface area contributed by atoms with Crippen LogP contribution in [0.4, 0.5) is 45.5 Å². The molecule has 0 fully saturated rings. The Kier molecular flexibility index (Phi) is 10.4. The number of allylic oxidation sites excluding steroid dienone is 6. The van der Waals surface area contributed by atoms with Gasteiger partial charge in [0, 0.05) is 32.1 Å². The number of benzene rings is 7. The zero-order valence-electron chi connectivity index (χ0n) is 41.1. The van der Waals surface area contributed by atoms with Crippen molar-refractivity contribution in [3.63, 3.8) is 0 Å². The van der Waals surface area contributed by atoms with Gasteiger partial charge in [-0.2, -0.15) is 0 Å². The molecule has 3 aliphatic carbocycles. The highest BCUT2D eigenvalue weighted by Gasteiger charge is 2.51. The second-order valence-electron chi connectivity index (χ2n) is 21.3. The summed E-state index contributed by atoms with van der Waals surface area (Å²) in [6, 6.07) is 60.8. The Balaban J connectivity index is 0.816. The van der Waals surface area contributed by atoms with Crippen LogP contribution in [0.15, 0.2) is 203 Å². The van der Waals surface area contributed by atoms with E-state index in [-0.39, 0.29) is 16.4 Å². The largest absolute Gasteiger partial charge is 0.333 e. The lowest BCUT2D eigenvalue weighted by molar-refractivity contribution is 0.290. The highest BCUT2D eigenvalue weighted by Crippen LogP contribution is 2.61. The lowest BCUT2D eigenvalue weighted by Gasteiger charge is -2.53. The lowest BCUT2D eigenvalue weighted by atomic mass is 9.66. The minimum absolute atomic E-state index is 0.000390. The van der Waals surface area contributed by atoms with Gasteiger partial charge in [-0.3, -0.25) is 0 Å². The van der Waals surface area contributed by atoms with Crippen LogP contribution >= 0.6 is 11.8 Å². The molecule has 3 nitrogen and oxygen atoms in total. The SMILES string of the molecule is CCC(/C=C/c1ccc2c(c1)C(C)(C)C1=C2CC(C)C(C)(N2c3ccccc3Sc3ccccc32)C1)=C\C=C1/CC(C)(C)c2cc(N3c4ccccc4N(c4ccccc4)c4ccccc43)ccc21. The van der Waals surface area contributed by atoms with Crippen LogP contribution in [0.2, 0.25) is 0 Å². The van der Waals surface area contributed by atoms with Crippen LogP contribution in [-0.2, 0) is 10.8 Å². The molecule has 0 amide bonds. The quantitative estimate of drug-likeness (QED) is 0.147. The first kappa shape index (κ1) is 43.5. The molecule has 7 aromatic rings. The molecule has 0 radical (unpaired) electrons. The number of hydrogen-bond acceptors (Lipinski definition) is 4. The Hall–Kier alpha value is -6.75. The molecular weight excluding hydrogens is 855 g/mol. The predicted molar refractivity (Wildman–Crippen MR) is 295 cm³/mol. The van der Waals surface area contributed by atoms with Gasteiger partial charge in [-0.15, -0.1) is 0 Å². The van der Waals surface area contributed by atoms with E-state index in [0.717, 1.165) is 31.4 Å². The maximum atomic E-state index is 2.71. The van der Waals surface area contributed by atoms with E-state index in [4.69, 9.17) is 0 Å². The van der Waals surface area contributed by atoms with Crippen LogP contribution in [0.3, 0.4) is 0 Å². The minimum Gasteiger partial charge on any atom is -0.333 e. The molecule has 2 heterocycles. The van der Waals surface area contributed by atoms with Crippen molar-refractivity contribution in [2.45, 2.75) is 100 Å². The zero-order chi connectivity index (χ0) is 47.2. The number of nitrogens with zero attached hydrogens (tertiary/aromatic N) is 3. The molecule has 2 unspecified atom stereocenters. The van der Waals surface area contributed by atoms with E-state index in [1.54, 1.807) is 11.1 Å². The summed E-state index contributed by atoms with van der Waals surface area (Å²) in [5.74, 6) is 0.462. The molecule has 2 aliphatic heterocycles. The zero-order valence-corrected chi connectivity index (χ0v) is 41.9. The predicted octanol–water partition coefficient (Wildman–Crippen LogP) is 18.6. The molecule has 342 valence electrons. The van der Waals surface area contributed by atoms with Crippen LogP contribution in [0.25, 0.3) is 17.2 Å². The van der Waals surface area contributed by atoms with Gasteiger partial charge < -0.3 is 14.7 Å². The van der Waals surface area contributed by atoms with E-state index < -0.39 is 0 Å². The second kappa shape index (κ2) is 16.5. The molecule has 0 aromatic heterocycles. The minimum atomic E-state index is -0.0716. The van der Waals surface area contributed by atoms with Gasteiger partial charge in [0.05, 0.1) is 34.1 Å². The van der Waals surface area contributed by atoms with Gasteiger partial charge >= 0.3 is 0 Å². The first-order chi connectivity index (χ1) is 33.4. The third-order valence-electron chi connectivity index (χ3n) is 16.3. The fourth-order valence-corrected chi connectivity index (χ4v) is 13.5. The van der Waals surface area contributed by atoms with Crippen molar-refractivity contribution >= 4 is 74.5 Å². The smallest absolute Gasteiger partial charge is 0.0703 e. The van der Waals surface area contributed by atoms with Crippen LogP contribution in [0.1, 0.15) is 102 Å². The topological polar surface area (TPSA) is 9.72 Å². The first-order valence-corrected chi connectivity index (χ1v) is 25.9. The van der Waals surface area contributed by atoms with E-state index in [1.807, 2.05) is 11.8 Å². The molecule has 0 saturated carbocycles. The maximum absolute atomic E-state index is 2.71. The number of para-hydroxylation sites is 7. The molecule has 0 saturated heterocycles. The standard InChI is InChI=1S/C65H61N3S/c1-8-44(30-31-45-33-36-50-51-38-43(2)65(7,42-54(51)64(5,6)53(50)39-45)68-59-26-16-18-28-61(59)69-62-29-19-17-27-60(62)68)32-34-46-41-63(3,4)52-40-48(35-37-49(46)52)67-57-24-14-12-22-55(57)66(47-20-10-9-11-21-47)56-23-13-15-25-58(56)67/h9-37,39-40,43H,8,38,41-42H2,1-7H3/b31-30+,44-32+,46-34+. The summed E-state index contributed by atoms with van der Waals surface area (Å²) in [7, 11) is 0. The van der Waals surface area contributed by atoms with Crippen molar-refractivity contribution in [1.29, 1.82) is 0 Å². The van der Waals surface area contributed by atoms with Crippen molar-refractivity contribution in [3.8, 4) is 0 Å².